The van der Waals surface area contributed by atoms with E-state index in [0.717, 1.165) is 48.8 Å². The summed E-state index contributed by atoms with van der Waals surface area (Å²) in [5.74, 6) is -0.199. The van der Waals surface area contributed by atoms with Crippen molar-refractivity contribution in [1.82, 2.24) is 4.98 Å². The van der Waals surface area contributed by atoms with Crippen LogP contribution in [-0.2, 0) is 12.2 Å². The van der Waals surface area contributed by atoms with Crippen molar-refractivity contribution in [3.8, 4) is 0 Å². The number of halogens is 2. The van der Waals surface area contributed by atoms with Gasteiger partial charge in [-0.05, 0) is 66.6 Å². The van der Waals surface area contributed by atoms with Crippen LogP contribution in [0.4, 0.5) is 21.5 Å². The first-order valence-corrected chi connectivity index (χ1v) is 12.3. The van der Waals surface area contributed by atoms with Gasteiger partial charge in [0.25, 0.3) is 0 Å². The zero-order valence-electron chi connectivity index (χ0n) is 19.7. The second-order valence-electron chi connectivity index (χ2n) is 8.72. The summed E-state index contributed by atoms with van der Waals surface area (Å²) in [4.78, 5) is 18.4. The fourth-order valence-corrected chi connectivity index (χ4v) is 4.78. The molecule has 0 bridgehead atoms. The summed E-state index contributed by atoms with van der Waals surface area (Å²) in [5.41, 5.74) is 4.42. The number of nitrogens with one attached hydrogen (secondary N) is 1. The van der Waals surface area contributed by atoms with Crippen molar-refractivity contribution in [3.05, 3.63) is 82.9 Å². The van der Waals surface area contributed by atoms with Crippen LogP contribution in [0.25, 0.3) is 0 Å². The van der Waals surface area contributed by atoms with Gasteiger partial charge in [-0.2, -0.15) is 0 Å². The van der Waals surface area contributed by atoms with Gasteiger partial charge >= 0.3 is 0 Å². The Morgan fingerprint density at radius 2 is 1.43 bits per heavy atom. The maximum atomic E-state index is 13.2. The minimum Gasteiger partial charge on any atom is -0.381 e. The number of hydrogen-bond donors (Lipinski definition) is 1. The summed E-state index contributed by atoms with van der Waals surface area (Å²) in [6.45, 7) is 6.30. The molecular formula is C27H28ClFN6. The van der Waals surface area contributed by atoms with Crippen molar-refractivity contribution in [2.45, 2.75) is 25.6 Å². The Balaban J connectivity index is 1.21. The fraction of sp³-hybridized carbons (Fsp3) is 0.296. The topological polar surface area (TPSA) is 56.1 Å². The van der Waals surface area contributed by atoms with E-state index in [1.54, 1.807) is 12.4 Å². The number of pyridine rings is 1. The highest BCUT2D eigenvalue weighted by atomic mass is 35.5. The second-order valence-corrected chi connectivity index (χ2v) is 9.11. The van der Waals surface area contributed by atoms with Gasteiger partial charge in [0.15, 0.2) is 5.66 Å². The van der Waals surface area contributed by atoms with Gasteiger partial charge in [-0.1, -0.05) is 24.6 Å². The average molecular weight is 491 g/mol. The number of anilines is 3. The maximum Gasteiger partial charge on any atom is 0.192 e. The maximum absolute atomic E-state index is 13.2. The molecule has 0 amide bonds. The third-order valence-electron chi connectivity index (χ3n) is 6.65. The summed E-state index contributed by atoms with van der Waals surface area (Å²) < 4.78 is 13.2. The van der Waals surface area contributed by atoms with E-state index in [2.05, 4.69) is 61.3 Å². The van der Waals surface area contributed by atoms with Crippen molar-refractivity contribution in [3.63, 3.8) is 0 Å². The van der Waals surface area contributed by atoms with Gasteiger partial charge in [-0.15, -0.1) is 0 Å². The first-order chi connectivity index (χ1) is 17.1. The molecule has 1 fully saturated rings. The molecule has 6 nitrogen and oxygen atoms in total. The Morgan fingerprint density at radius 1 is 0.857 bits per heavy atom. The Morgan fingerprint density at radius 3 is 2.00 bits per heavy atom. The molecule has 0 aliphatic carbocycles. The molecule has 2 aromatic carbocycles. The van der Waals surface area contributed by atoms with E-state index in [-0.39, 0.29) is 5.82 Å². The summed E-state index contributed by atoms with van der Waals surface area (Å²) in [5, 5.41) is 3.95. The number of nitrogens with zero attached hydrogens (tertiary/aromatic N) is 5. The predicted molar refractivity (Wildman–Crippen MR) is 143 cm³/mol. The molecular weight excluding hydrogens is 463 g/mol. The molecule has 2 aliphatic heterocycles. The number of benzene rings is 2. The highest BCUT2D eigenvalue weighted by molar-refractivity contribution is 6.29. The van der Waals surface area contributed by atoms with E-state index in [0.29, 0.717) is 18.1 Å². The molecule has 3 aromatic rings. The monoisotopic (exact) mass is 490 g/mol. The molecule has 35 heavy (non-hydrogen) atoms. The van der Waals surface area contributed by atoms with Crippen LogP contribution < -0.4 is 15.1 Å². The lowest BCUT2D eigenvalue weighted by Crippen LogP contribution is -2.46. The van der Waals surface area contributed by atoms with Crippen LogP contribution in [0.1, 0.15) is 24.6 Å². The predicted octanol–water partition coefficient (Wildman–Crippen LogP) is 5.53. The van der Waals surface area contributed by atoms with E-state index in [9.17, 15) is 4.39 Å². The molecule has 0 saturated carbocycles. The van der Waals surface area contributed by atoms with E-state index in [1.807, 2.05) is 24.3 Å². The quantitative estimate of drug-likeness (QED) is 0.442. The van der Waals surface area contributed by atoms with Crippen molar-refractivity contribution < 1.29 is 4.39 Å². The van der Waals surface area contributed by atoms with E-state index < -0.39 is 5.66 Å². The second kappa shape index (κ2) is 10.0. The number of aromatic nitrogens is 1. The smallest absolute Gasteiger partial charge is 0.192 e. The number of piperazine rings is 1. The Bertz CT molecular complexity index is 1210. The van der Waals surface area contributed by atoms with Crippen LogP contribution in [0.3, 0.4) is 0 Å². The Labute approximate surface area is 210 Å². The van der Waals surface area contributed by atoms with Gasteiger partial charge in [-0.3, -0.25) is 9.98 Å². The van der Waals surface area contributed by atoms with Gasteiger partial charge in [-0.25, -0.2) is 9.37 Å². The lowest BCUT2D eigenvalue weighted by atomic mass is 9.99. The summed E-state index contributed by atoms with van der Waals surface area (Å²) >= 11 is 6.21. The Kier molecular flexibility index (Phi) is 6.68. The van der Waals surface area contributed by atoms with Crippen LogP contribution in [-0.4, -0.2) is 43.6 Å². The summed E-state index contributed by atoms with van der Waals surface area (Å²) in [6, 6.07) is 19.0. The first-order valence-electron chi connectivity index (χ1n) is 11.9. The van der Waals surface area contributed by atoms with Gasteiger partial charge < -0.3 is 15.1 Å². The van der Waals surface area contributed by atoms with Gasteiger partial charge in [0.2, 0.25) is 0 Å². The third kappa shape index (κ3) is 5.00. The largest absolute Gasteiger partial charge is 0.381 e. The molecule has 0 radical (unpaired) electrons. The highest BCUT2D eigenvalue weighted by Crippen LogP contribution is 2.35. The van der Waals surface area contributed by atoms with Gasteiger partial charge in [0, 0.05) is 62.2 Å². The molecule has 3 heterocycles. The van der Waals surface area contributed by atoms with E-state index >= 15 is 0 Å². The molecule has 1 N–H and O–H groups in total. The molecule has 1 saturated heterocycles. The normalized spacial score (nSPS) is 16.7. The fourth-order valence-electron chi connectivity index (χ4n) is 4.63. The molecule has 0 unspecified atom stereocenters. The van der Waals surface area contributed by atoms with Crippen LogP contribution in [0.5, 0.6) is 0 Å². The lowest BCUT2D eigenvalue weighted by Gasteiger charge is -2.37. The molecule has 0 spiro atoms. The van der Waals surface area contributed by atoms with Crippen molar-refractivity contribution in [2.75, 3.05) is 41.3 Å². The highest BCUT2D eigenvalue weighted by Gasteiger charge is 2.34. The molecule has 1 aromatic heterocycles. The number of rotatable bonds is 7. The Hall–Kier alpha value is -3.45. The standard InChI is InChI=1S/C27H28ClFN6/c1-2-27(31-13-14-32-27)26-20(3-12-25(28)33-26)19-30-22-6-10-24(11-7-22)35-17-15-34(16-18-35)23-8-4-21(29)5-9-23/h3-14,30H,2,15-19H2,1H3. The van der Waals surface area contributed by atoms with Gasteiger partial charge in [0.1, 0.15) is 11.0 Å². The number of aliphatic imine (C=N–C) groups is 2. The molecule has 0 atom stereocenters. The molecule has 2 aliphatic rings. The SMILES string of the molecule is CCC1(c2nc(Cl)ccc2CNc2ccc(N3CCN(c4ccc(F)cc4)CC3)cc2)N=CC=N1. The molecule has 8 heteroatoms. The van der Waals surface area contributed by atoms with E-state index in [1.165, 1.54) is 17.8 Å². The van der Waals surface area contributed by atoms with Crippen LogP contribution in [0.15, 0.2) is 70.6 Å². The van der Waals surface area contributed by atoms with Crippen molar-refractivity contribution in [1.29, 1.82) is 0 Å². The zero-order valence-corrected chi connectivity index (χ0v) is 20.4. The first kappa shape index (κ1) is 23.3. The molecule has 180 valence electrons. The average Bonchev–Trinajstić information content (AvgIpc) is 3.39. The summed E-state index contributed by atoms with van der Waals surface area (Å²) in [6.07, 6.45) is 4.16. The minimum absolute atomic E-state index is 0.199. The van der Waals surface area contributed by atoms with Crippen LogP contribution in [0, 0.1) is 5.82 Å². The van der Waals surface area contributed by atoms with Crippen molar-refractivity contribution in [2.24, 2.45) is 9.98 Å². The van der Waals surface area contributed by atoms with Crippen LogP contribution >= 0.6 is 11.6 Å². The number of hydrogen-bond acceptors (Lipinski definition) is 6. The van der Waals surface area contributed by atoms with Crippen molar-refractivity contribution >= 4 is 41.1 Å². The molecule has 5 rings (SSSR count). The zero-order chi connectivity index (χ0) is 24.3. The van der Waals surface area contributed by atoms with E-state index in [4.69, 9.17) is 11.6 Å². The summed E-state index contributed by atoms with van der Waals surface area (Å²) in [7, 11) is 0. The third-order valence-corrected chi connectivity index (χ3v) is 6.86. The van der Waals surface area contributed by atoms with Gasteiger partial charge in [0.05, 0.1) is 5.69 Å². The minimum atomic E-state index is -0.693. The lowest BCUT2D eigenvalue weighted by molar-refractivity contribution is 0.449. The van der Waals surface area contributed by atoms with Crippen LogP contribution in [0.2, 0.25) is 5.15 Å².